The number of rotatable bonds is 3. The lowest BCUT2D eigenvalue weighted by molar-refractivity contribution is 0.304. The number of hydrogen-bond donors (Lipinski definition) is 1. The van der Waals surface area contributed by atoms with Gasteiger partial charge in [0.25, 0.3) is 0 Å². The zero-order chi connectivity index (χ0) is 15.2. The summed E-state index contributed by atoms with van der Waals surface area (Å²) in [4.78, 5) is 0. The molecule has 1 N–H and O–H groups in total. The fourth-order valence-corrected chi connectivity index (χ4v) is 2.02. The smallest absolute Gasteiger partial charge is 0.138 e. The van der Waals surface area contributed by atoms with Crippen LogP contribution < -0.4 is 4.74 Å². The molecule has 0 spiro atoms. The van der Waals surface area contributed by atoms with Gasteiger partial charge in [-0.3, -0.25) is 0 Å². The zero-order valence-electron chi connectivity index (χ0n) is 12.1. The molecule has 0 amide bonds. The molecule has 2 aromatic carbocycles. The summed E-state index contributed by atoms with van der Waals surface area (Å²) in [6.45, 7) is 4.08. The molecule has 2 nitrogen and oxygen atoms in total. The Kier molecular flexibility index (Phi) is 4.97. The lowest BCUT2D eigenvalue weighted by atomic mass is 10.1. The summed E-state index contributed by atoms with van der Waals surface area (Å²) in [6.07, 6.45) is 0. The van der Waals surface area contributed by atoms with Crippen molar-refractivity contribution < 1.29 is 14.2 Å². The largest absolute Gasteiger partial charge is 0.489 e. The second-order valence-electron chi connectivity index (χ2n) is 4.83. The minimum Gasteiger partial charge on any atom is -0.489 e. The molecule has 0 saturated carbocycles. The number of aliphatic hydroxyl groups is 1. The Bertz CT molecular complexity index is 696. The van der Waals surface area contributed by atoms with Crippen LogP contribution >= 0.6 is 0 Å². The fraction of sp³-hybridized carbons (Fsp3) is 0.222. The highest BCUT2D eigenvalue weighted by molar-refractivity contribution is 5.39. The molecule has 0 bridgehead atoms. The van der Waals surface area contributed by atoms with Crippen molar-refractivity contribution in [1.82, 2.24) is 0 Å². The van der Waals surface area contributed by atoms with E-state index in [9.17, 15) is 4.39 Å². The molecule has 0 aliphatic heterocycles. The van der Waals surface area contributed by atoms with E-state index in [1.54, 1.807) is 12.1 Å². The van der Waals surface area contributed by atoms with Gasteiger partial charge in [-0.05, 0) is 43.2 Å². The molecule has 0 unspecified atom stereocenters. The summed E-state index contributed by atoms with van der Waals surface area (Å²) >= 11 is 0. The molecular weight excluding hydrogens is 267 g/mol. The average Bonchev–Trinajstić information content (AvgIpc) is 2.46. The molecule has 108 valence electrons. The Morgan fingerprint density at radius 1 is 1.14 bits per heavy atom. The lowest BCUT2D eigenvalue weighted by Gasteiger charge is -2.10. The molecule has 0 saturated heterocycles. The van der Waals surface area contributed by atoms with Gasteiger partial charge >= 0.3 is 0 Å². The Morgan fingerprint density at radius 3 is 2.67 bits per heavy atom. The van der Waals surface area contributed by atoms with Crippen molar-refractivity contribution in [2.45, 2.75) is 20.5 Å². The topological polar surface area (TPSA) is 29.5 Å². The molecule has 2 aromatic rings. The minimum atomic E-state index is -0.397. The Hall–Kier alpha value is -2.31. The molecule has 0 radical (unpaired) electrons. The van der Waals surface area contributed by atoms with Crippen LogP contribution in [0.1, 0.15) is 22.3 Å². The molecule has 0 heterocycles. The second-order valence-corrected chi connectivity index (χ2v) is 4.83. The lowest BCUT2D eigenvalue weighted by Crippen LogP contribution is -1.98. The van der Waals surface area contributed by atoms with Gasteiger partial charge in [-0.15, -0.1) is 0 Å². The molecule has 0 aliphatic carbocycles. The number of halogens is 1. The van der Waals surface area contributed by atoms with Gasteiger partial charge in [0.05, 0.1) is 5.56 Å². The number of benzene rings is 2. The Balaban J connectivity index is 2.13. The van der Waals surface area contributed by atoms with Gasteiger partial charge in [-0.1, -0.05) is 35.6 Å². The maximum Gasteiger partial charge on any atom is 0.138 e. The van der Waals surface area contributed by atoms with Crippen molar-refractivity contribution >= 4 is 0 Å². The zero-order valence-corrected chi connectivity index (χ0v) is 12.1. The first-order valence-corrected chi connectivity index (χ1v) is 6.68. The molecular formula is C18H17FO2. The predicted octanol–water partition coefficient (Wildman–Crippen LogP) is 3.37. The van der Waals surface area contributed by atoms with E-state index in [2.05, 4.69) is 17.9 Å². The number of ether oxygens (including phenoxy) is 1. The van der Waals surface area contributed by atoms with Crippen LogP contribution in [0.25, 0.3) is 0 Å². The minimum absolute atomic E-state index is 0.269. The highest BCUT2D eigenvalue weighted by Crippen LogP contribution is 2.20. The first-order chi connectivity index (χ1) is 10.1. The van der Waals surface area contributed by atoms with E-state index < -0.39 is 5.82 Å². The van der Waals surface area contributed by atoms with E-state index in [0.717, 1.165) is 16.9 Å². The van der Waals surface area contributed by atoms with Crippen LogP contribution in [-0.4, -0.2) is 11.7 Å². The summed E-state index contributed by atoms with van der Waals surface area (Å²) < 4.78 is 19.3. The average molecular weight is 284 g/mol. The van der Waals surface area contributed by atoms with Crippen LogP contribution in [0.15, 0.2) is 36.4 Å². The monoisotopic (exact) mass is 284 g/mol. The molecule has 21 heavy (non-hydrogen) atoms. The van der Waals surface area contributed by atoms with Crippen LogP contribution in [0.2, 0.25) is 0 Å². The van der Waals surface area contributed by atoms with Gasteiger partial charge in [0, 0.05) is 0 Å². The molecule has 0 aliphatic rings. The summed E-state index contributed by atoms with van der Waals surface area (Å²) in [5.74, 6) is 5.45. The van der Waals surface area contributed by atoms with Gasteiger partial charge in [-0.2, -0.15) is 0 Å². The van der Waals surface area contributed by atoms with Crippen LogP contribution in [-0.2, 0) is 6.61 Å². The van der Waals surface area contributed by atoms with Gasteiger partial charge in [-0.25, -0.2) is 4.39 Å². The molecule has 2 rings (SSSR count). The summed E-state index contributed by atoms with van der Waals surface area (Å²) in [5.41, 5.74) is 3.35. The van der Waals surface area contributed by atoms with Crippen molar-refractivity contribution in [2.75, 3.05) is 6.61 Å². The third-order valence-corrected chi connectivity index (χ3v) is 3.06. The van der Waals surface area contributed by atoms with E-state index in [4.69, 9.17) is 9.84 Å². The van der Waals surface area contributed by atoms with Crippen molar-refractivity contribution in [3.8, 4) is 17.6 Å². The highest BCUT2D eigenvalue weighted by atomic mass is 19.1. The fourth-order valence-electron chi connectivity index (χ4n) is 2.02. The molecule has 0 atom stereocenters. The third kappa shape index (κ3) is 4.08. The predicted molar refractivity (Wildman–Crippen MR) is 80.6 cm³/mol. The van der Waals surface area contributed by atoms with E-state index in [1.165, 1.54) is 11.6 Å². The second kappa shape index (κ2) is 6.92. The van der Waals surface area contributed by atoms with Gasteiger partial charge < -0.3 is 9.84 Å². The van der Waals surface area contributed by atoms with Crippen LogP contribution in [0, 0.1) is 31.5 Å². The first kappa shape index (κ1) is 15.1. The summed E-state index contributed by atoms with van der Waals surface area (Å²) in [5, 5.41) is 8.67. The van der Waals surface area contributed by atoms with Crippen molar-refractivity contribution in [1.29, 1.82) is 0 Å². The Morgan fingerprint density at radius 2 is 1.95 bits per heavy atom. The summed E-state index contributed by atoms with van der Waals surface area (Å²) in [6, 6.07) is 10.6. The van der Waals surface area contributed by atoms with Gasteiger partial charge in [0.15, 0.2) is 0 Å². The summed E-state index contributed by atoms with van der Waals surface area (Å²) in [7, 11) is 0. The van der Waals surface area contributed by atoms with Crippen molar-refractivity contribution in [2.24, 2.45) is 0 Å². The van der Waals surface area contributed by atoms with E-state index in [0.29, 0.717) is 6.61 Å². The van der Waals surface area contributed by atoms with Crippen LogP contribution in [0.3, 0.4) is 0 Å². The van der Waals surface area contributed by atoms with Crippen LogP contribution in [0.5, 0.6) is 5.75 Å². The van der Waals surface area contributed by atoms with Gasteiger partial charge in [0.2, 0.25) is 0 Å². The molecule has 0 aromatic heterocycles. The van der Waals surface area contributed by atoms with E-state index in [1.807, 2.05) is 26.0 Å². The number of aliphatic hydroxyl groups excluding tert-OH is 1. The van der Waals surface area contributed by atoms with E-state index >= 15 is 0 Å². The maximum atomic E-state index is 13.5. The normalized spacial score (nSPS) is 9.90. The number of aryl methyl sites for hydroxylation is 2. The quantitative estimate of drug-likeness (QED) is 0.876. The maximum absolute atomic E-state index is 13.5. The van der Waals surface area contributed by atoms with Gasteiger partial charge in [0.1, 0.15) is 24.8 Å². The van der Waals surface area contributed by atoms with E-state index in [-0.39, 0.29) is 12.2 Å². The first-order valence-electron chi connectivity index (χ1n) is 6.68. The third-order valence-electron chi connectivity index (χ3n) is 3.06. The van der Waals surface area contributed by atoms with Crippen molar-refractivity contribution in [3.63, 3.8) is 0 Å². The standard InChI is InChI=1S/C18H17FO2/c1-13-5-8-18(14(2)10-13)21-12-15-6-7-17(19)16(11-15)4-3-9-20/h5-8,10-11,20H,9,12H2,1-2H3. The van der Waals surface area contributed by atoms with Crippen molar-refractivity contribution in [3.05, 3.63) is 64.5 Å². The SMILES string of the molecule is Cc1ccc(OCc2ccc(F)c(C#CCO)c2)c(C)c1. The van der Waals surface area contributed by atoms with Crippen LogP contribution in [0.4, 0.5) is 4.39 Å². The highest BCUT2D eigenvalue weighted by Gasteiger charge is 2.04. The molecule has 3 heteroatoms. The number of hydrogen-bond acceptors (Lipinski definition) is 2. The molecule has 0 fully saturated rings. The Labute approximate surface area is 124 Å².